The molecule has 3 rings (SSSR count). The van der Waals surface area contributed by atoms with Gasteiger partial charge in [-0.05, 0) is 23.6 Å². The highest BCUT2D eigenvalue weighted by Crippen LogP contribution is 2.23. The van der Waals surface area contributed by atoms with Crippen LogP contribution in [0.4, 0.5) is 10.1 Å². The van der Waals surface area contributed by atoms with E-state index in [1.165, 1.54) is 6.07 Å². The van der Waals surface area contributed by atoms with Gasteiger partial charge in [-0.1, -0.05) is 18.2 Å². The molecule has 6 heteroatoms. The van der Waals surface area contributed by atoms with Crippen LogP contribution in [0.2, 0.25) is 0 Å². The first-order chi connectivity index (χ1) is 12.2. The first kappa shape index (κ1) is 17.2. The number of halogens is 1. The Morgan fingerprint density at radius 2 is 2.16 bits per heavy atom. The number of hydrogen-bond donors (Lipinski definition) is 1. The summed E-state index contributed by atoms with van der Waals surface area (Å²) in [6, 6.07) is 11.7. The zero-order chi connectivity index (χ0) is 17.5. The van der Waals surface area contributed by atoms with Crippen molar-refractivity contribution in [2.45, 2.75) is 6.54 Å². The largest absolute Gasteiger partial charge is 0.487 e. The van der Waals surface area contributed by atoms with E-state index in [0.717, 1.165) is 17.7 Å². The Morgan fingerprint density at radius 3 is 2.92 bits per heavy atom. The van der Waals surface area contributed by atoms with Crippen LogP contribution in [0, 0.1) is 5.82 Å². The van der Waals surface area contributed by atoms with Crippen LogP contribution in [0.5, 0.6) is 5.75 Å². The van der Waals surface area contributed by atoms with Gasteiger partial charge >= 0.3 is 0 Å². The molecule has 1 heterocycles. The van der Waals surface area contributed by atoms with Crippen molar-refractivity contribution in [2.24, 2.45) is 4.99 Å². The minimum Gasteiger partial charge on any atom is -0.487 e. The number of benzene rings is 2. The van der Waals surface area contributed by atoms with E-state index in [1.54, 1.807) is 48.2 Å². The highest BCUT2D eigenvalue weighted by Gasteiger charge is 2.06. The van der Waals surface area contributed by atoms with Crippen molar-refractivity contribution in [2.75, 3.05) is 17.7 Å². The molecule has 1 aliphatic heterocycles. The second kappa shape index (κ2) is 8.48. The maximum Gasteiger partial charge on any atom is 0.150 e. The number of nitrogens with one attached hydrogen (secondary N) is 1. The first-order valence-electron chi connectivity index (χ1n) is 7.78. The number of hydrogen-bond acceptors (Lipinski definition) is 5. The standard InChI is InChI=1S/C19H17FN2O2S/c20-19-4-2-1-3-15(19)10-22-16-7-14(11-23)8-18(9-16)24-12-17-13-25-6-5-21-17/h1-5,7-9,11,13,22H,6,10,12H2. The van der Waals surface area contributed by atoms with Gasteiger partial charge < -0.3 is 10.1 Å². The topological polar surface area (TPSA) is 50.7 Å². The molecule has 2 aromatic carbocycles. The SMILES string of the molecule is O=Cc1cc(NCc2ccccc2F)cc(OCC2=CSCC=N2)c1. The van der Waals surface area contributed by atoms with Crippen LogP contribution >= 0.6 is 11.8 Å². The molecular weight excluding hydrogens is 339 g/mol. The summed E-state index contributed by atoms with van der Waals surface area (Å²) in [5.74, 6) is 1.17. The third-order valence-corrected chi connectivity index (χ3v) is 4.32. The van der Waals surface area contributed by atoms with Crippen LogP contribution in [0.15, 0.2) is 58.6 Å². The fourth-order valence-corrected chi connectivity index (χ4v) is 2.89. The van der Waals surface area contributed by atoms with Crippen LogP contribution in [-0.4, -0.2) is 24.9 Å². The molecule has 0 fully saturated rings. The molecule has 1 N–H and O–H groups in total. The van der Waals surface area contributed by atoms with E-state index in [-0.39, 0.29) is 5.82 Å². The Labute approximate surface area is 149 Å². The molecule has 0 aliphatic carbocycles. The molecule has 0 spiro atoms. The van der Waals surface area contributed by atoms with Crippen LogP contribution in [0.1, 0.15) is 15.9 Å². The van der Waals surface area contributed by atoms with Crippen molar-refractivity contribution in [3.63, 3.8) is 0 Å². The first-order valence-corrected chi connectivity index (χ1v) is 8.83. The van der Waals surface area contributed by atoms with Crippen molar-refractivity contribution in [1.29, 1.82) is 0 Å². The van der Waals surface area contributed by atoms with Crippen LogP contribution in [0.25, 0.3) is 0 Å². The minimum atomic E-state index is -0.266. The highest BCUT2D eigenvalue weighted by molar-refractivity contribution is 8.02. The number of rotatable bonds is 7. The molecule has 0 saturated carbocycles. The smallest absolute Gasteiger partial charge is 0.150 e. The van der Waals surface area contributed by atoms with Gasteiger partial charge in [0.05, 0.1) is 5.70 Å². The van der Waals surface area contributed by atoms with Crippen molar-refractivity contribution in [3.8, 4) is 5.75 Å². The molecule has 0 saturated heterocycles. The number of carbonyl (C=O) groups excluding carboxylic acids is 1. The van der Waals surface area contributed by atoms with Gasteiger partial charge in [0.15, 0.2) is 0 Å². The molecule has 0 amide bonds. The molecule has 1 aliphatic rings. The van der Waals surface area contributed by atoms with Gasteiger partial charge in [0.25, 0.3) is 0 Å². The van der Waals surface area contributed by atoms with Gasteiger partial charge in [0, 0.05) is 41.4 Å². The maximum absolute atomic E-state index is 13.7. The number of carbonyl (C=O) groups is 1. The van der Waals surface area contributed by atoms with Gasteiger partial charge in [-0.15, -0.1) is 11.8 Å². The Hall–Kier alpha value is -2.60. The summed E-state index contributed by atoms with van der Waals surface area (Å²) in [6.45, 7) is 0.652. The lowest BCUT2D eigenvalue weighted by Gasteiger charge is -2.12. The number of aldehydes is 1. The molecule has 2 aromatic rings. The zero-order valence-electron chi connectivity index (χ0n) is 13.4. The zero-order valence-corrected chi connectivity index (χ0v) is 14.3. The fraction of sp³-hybridized carbons (Fsp3) is 0.158. The lowest BCUT2D eigenvalue weighted by Crippen LogP contribution is -2.05. The van der Waals surface area contributed by atoms with Crippen molar-refractivity contribution < 1.29 is 13.9 Å². The highest BCUT2D eigenvalue weighted by atomic mass is 32.2. The Balaban J connectivity index is 1.69. The molecule has 0 bridgehead atoms. The van der Waals surface area contributed by atoms with Crippen LogP contribution in [0.3, 0.4) is 0 Å². The Bertz CT molecular complexity index is 821. The number of nitrogens with zero attached hydrogens (tertiary/aromatic N) is 1. The summed E-state index contributed by atoms with van der Waals surface area (Å²) in [6.07, 6.45) is 2.60. The van der Waals surface area contributed by atoms with Gasteiger partial charge in [-0.2, -0.15) is 0 Å². The van der Waals surface area contributed by atoms with Gasteiger partial charge in [0.1, 0.15) is 24.5 Å². The average Bonchev–Trinajstić information content (AvgIpc) is 2.66. The van der Waals surface area contributed by atoms with E-state index in [9.17, 15) is 9.18 Å². The summed E-state index contributed by atoms with van der Waals surface area (Å²) >= 11 is 1.66. The number of aliphatic imine (C=N–C) groups is 1. The quantitative estimate of drug-likeness (QED) is 0.752. The fourth-order valence-electron chi connectivity index (χ4n) is 2.32. The summed E-state index contributed by atoms with van der Waals surface area (Å²) in [5, 5.41) is 5.09. The molecule has 25 heavy (non-hydrogen) atoms. The molecule has 0 aromatic heterocycles. The second-order valence-corrected chi connectivity index (χ2v) is 6.30. The lowest BCUT2D eigenvalue weighted by atomic mass is 10.1. The maximum atomic E-state index is 13.7. The molecule has 128 valence electrons. The molecular formula is C19H17FN2O2S. The second-order valence-electron chi connectivity index (χ2n) is 5.40. The van der Waals surface area contributed by atoms with Crippen molar-refractivity contribution in [3.05, 3.63) is 70.5 Å². The molecule has 0 atom stereocenters. The Kier molecular flexibility index (Phi) is 5.85. The third-order valence-electron chi connectivity index (χ3n) is 3.54. The Morgan fingerprint density at radius 1 is 1.28 bits per heavy atom. The van der Waals surface area contributed by atoms with Gasteiger partial charge in [0.2, 0.25) is 0 Å². The molecule has 0 unspecified atom stereocenters. The van der Waals surface area contributed by atoms with E-state index in [4.69, 9.17) is 4.74 Å². The van der Waals surface area contributed by atoms with Gasteiger partial charge in [-0.3, -0.25) is 9.79 Å². The van der Waals surface area contributed by atoms with E-state index in [1.807, 2.05) is 11.6 Å². The predicted octanol–water partition coefficient (Wildman–Crippen LogP) is 4.29. The summed E-state index contributed by atoms with van der Waals surface area (Å²) < 4.78 is 19.4. The van der Waals surface area contributed by atoms with Gasteiger partial charge in [-0.25, -0.2) is 4.39 Å². The van der Waals surface area contributed by atoms with Crippen LogP contribution in [-0.2, 0) is 6.54 Å². The van der Waals surface area contributed by atoms with E-state index in [2.05, 4.69) is 10.3 Å². The number of anilines is 1. The third kappa shape index (κ3) is 4.93. The summed E-state index contributed by atoms with van der Waals surface area (Å²) in [4.78, 5) is 15.4. The summed E-state index contributed by atoms with van der Waals surface area (Å²) in [7, 11) is 0. The molecule has 4 nitrogen and oxygen atoms in total. The van der Waals surface area contributed by atoms with E-state index >= 15 is 0 Å². The van der Waals surface area contributed by atoms with E-state index < -0.39 is 0 Å². The predicted molar refractivity (Wildman–Crippen MR) is 100 cm³/mol. The number of ether oxygens (including phenoxy) is 1. The van der Waals surface area contributed by atoms with Crippen molar-refractivity contribution in [1.82, 2.24) is 0 Å². The van der Waals surface area contributed by atoms with E-state index in [0.29, 0.717) is 35.7 Å². The lowest BCUT2D eigenvalue weighted by molar-refractivity contribution is 0.112. The van der Waals surface area contributed by atoms with Crippen LogP contribution < -0.4 is 10.1 Å². The van der Waals surface area contributed by atoms with Crippen molar-refractivity contribution >= 4 is 30.0 Å². The molecule has 0 radical (unpaired) electrons. The normalized spacial score (nSPS) is 13.2. The number of thioether (sulfide) groups is 1. The minimum absolute atomic E-state index is 0.266. The average molecular weight is 356 g/mol. The monoisotopic (exact) mass is 356 g/mol. The summed E-state index contributed by atoms with van der Waals surface area (Å²) in [5.41, 5.74) is 2.58.